The van der Waals surface area contributed by atoms with Crippen molar-refractivity contribution in [1.29, 1.82) is 0 Å². The van der Waals surface area contributed by atoms with Gasteiger partial charge in [-0.3, -0.25) is 0 Å². The van der Waals surface area contributed by atoms with E-state index in [9.17, 15) is 0 Å². The van der Waals surface area contributed by atoms with Gasteiger partial charge in [0.15, 0.2) is 11.5 Å². The van der Waals surface area contributed by atoms with E-state index in [1.807, 2.05) is 19.1 Å². The summed E-state index contributed by atoms with van der Waals surface area (Å²) in [4.78, 5) is 4.78. The van der Waals surface area contributed by atoms with Crippen LogP contribution in [0.2, 0.25) is 0 Å². The maximum Gasteiger partial charge on any atom is 0.162 e. The summed E-state index contributed by atoms with van der Waals surface area (Å²) in [5.74, 6) is 1.56. The Bertz CT molecular complexity index is 1200. The lowest BCUT2D eigenvalue weighted by Gasteiger charge is -2.15. The van der Waals surface area contributed by atoms with Crippen LogP contribution in [0.4, 0.5) is 5.69 Å². The quantitative estimate of drug-likeness (QED) is 0.249. The van der Waals surface area contributed by atoms with Crippen LogP contribution in [0, 0.1) is 6.92 Å². The lowest BCUT2D eigenvalue weighted by atomic mass is 10.1. The van der Waals surface area contributed by atoms with Crippen molar-refractivity contribution < 1.29 is 9.47 Å². The number of thiazole rings is 1. The molecule has 1 N–H and O–H groups in total. The van der Waals surface area contributed by atoms with E-state index in [0.717, 1.165) is 49.7 Å². The van der Waals surface area contributed by atoms with E-state index in [2.05, 4.69) is 77.6 Å². The van der Waals surface area contributed by atoms with Crippen molar-refractivity contribution in [3.05, 3.63) is 70.2 Å². The molecule has 0 bridgehead atoms. The molecule has 0 unspecified atom stereocenters. The molecule has 1 aromatic heterocycles. The van der Waals surface area contributed by atoms with Gasteiger partial charge >= 0.3 is 0 Å². The molecule has 32 heavy (non-hydrogen) atoms. The van der Waals surface area contributed by atoms with Crippen molar-refractivity contribution in [2.45, 2.75) is 33.7 Å². The number of nitrogens with one attached hydrogen (secondary N) is 1. The molecule has 0 saturated heterocycles. The smallest absolute Gasteiger partial charge is 0.162 e. The molecule has 166 valence electrons. The molecule has 6 heteroatoms. The fourth-order valence-corrected chi connectivity index (χ4v) is 4.92. The predicted molar refractivity (Wildman–Crippen MR) is 138 cm³/mol. The van der Waals surface area contributed by atoms with Gasteiger partial charge in [0.25, 0.3) is 0 Å². The zero-order chi connectivity index (χ0) is 22.5. The molecule has 0 aliphatic carbocycles. The first-order chi connectivity index (χ1) is 15.6. The highest BCUT2D eigenvalue weighted by atomic mass is 79.9. The topological polar surface area (TPSA) is 43.4 Å². The van der Waals surface area contributed by atoms with E-state index in [-0.39, 0.29) is 0 Å². The van der Waals surface area contributed by atoms with E-state index in [0.29, 0.717) is 19.8 Å². The van der Waals surface area contributed by atoms with Gasteiger partial charge in [0.05, 0.1) is 23.4 Å². The zero-order valence-corrected chi connectivity index (χ0v) is 21.0. The van der Waals surface area contributed by atoms with Gasteiger partial charge in [-0.2, -0.15) is 0 Å². The molecular formula is C26H27BrN2O2S. The second-order valence-corrected chi connectivity index (χ2v) is 9.48. The third kappa shape index (κ3) is 5.25. The summed E-state index contributed by atoms with van der Waals surface area (Å²) in [6.07, 6.45) is 0.957. The van der Waals surface area contributed by atoms with Gasteiger partial charge in [-0.25, -0.2) is 4.98 Å². The Morgan fingerprint density at radius 1 is 0.969 bits per heavy atom. The lowest BCUT2D eigenvalue weighted by molar-refractivity contribution is 0.276. The van der Waals surface area contributed by atoms with Gasteiger partial charge in [0.2, 0.25) is 0 Å². The first kappa shape index (κ1) is 22.6. The van der Waals surface area contributed by atoms with Gasteiger partial charge < -0.3 is 14.8 Å². The number of hydrogen-bond donors (Lipinski definition) is 1. The predicted octanol–water partition coefficient (Wildman–Crippen LogP) is 7.83. The number of benzene rings is 3. The molecule has 4 aromatic rings. The Morgan fingerprint density at radius 2 is 1.75 bits per heavy atom. The minimum Gasteiger partial charge on any atom is -0.490 e. The Hall–Kier alpha value is -2.57. The van der Waals surface area contributed by atoms with Crippen molar-refractivity contribution in [3.63, 3.8) is 0 Å². The molecule has 0 amide bonds. The molecule has 0 radical (unpaired) electrons. The maximum atomic E-state index is 5.84. The van der Waals surface area contributed by atoms with Crippen molar-refractivity contribution in [2.24, 2.45) is 0 Å². The summed E-state index contributed by atoms with van der Waals surface area (Å²) in [7, 11) is 0. The van der Waals surface area contributed by atoms with Crippen molar-refractivity contribution in [2.75, 3.05) is 18.5 Å². The van der Waals surface area contributed by atoms with Crippen molar-refractivity contribution in [3.8, 4) is 22.1 Å². The van der Waals surface area contributed by atoms with E-state index in [1.54, 1.807) is 11.3 Å². The molecule has 0 fully saturated rings. The van der Waals surface area contributed by atoms with E-state index >= 15 is 0 Å². The number of hydrogen-bond acceptors (Lipinski definition) is 5. The molecule has 0 aliphatic heterocycles. The van der Waals surface area contributed by atoms with E-state index in [4.69, 9.17) is 14.5 Å². The third-order valence-corrected chi connectivity index (χ3v) is 6.84. The molecule has 1 heterocycles. The van der Waals surface area contributed by atoms with Gasteiger partial charge in [0.1, 0.15) is 5.01 Å². The third-order valence-electron chi connectivity index (χ3n) is 5.03. The second kappa shape index (κ2) is 10.4. The molecule has 0 aliphatic rings. The zero-order valence-electron chi connectivity index (χ0n) is 18.6. The first-order valence-corrected chi connectivity index (χ1v) is 12.5. The average molecular weight is 511 g/mol. The monoisotopic (exact) mass is 510 g/mol. The number of fused-ring (bicyclic) bond motifs is 1. The highest BCUT2D eigenvalue weighted by Gasteiger charge is 2.11. The van der Waals surface area contributed by atoms with Gasteiger partial charge in [-0.15, -0.1) is 11.3 Å². The molecule has 0 atom stereocenters. The highest BCUT2D eigenvalue weighted by molar-refractivity contribution is 9.10. The largest absolute Gasteiger partial charge is 0.490 e. The summed E-state index contributed by atoms with van der Waals surface area (Å²) >= 11 is 5.41. The average Bonchev–Trinajstić information content (AvgIpc) is 3.21. The number of nitrogens with zero attached hydrogens (tertiary/aromatic N) is 1. The number of rotatable bonds is 9. The summed E-state index contributed by atoms with van der Waals surface area (Å²) in [5, 5.41) is 4.55. The fraction of sp³-hybridized carbons (Fsp3) is 0.269. The Balaban J connectivity index is 1.47. The number of anilines is 1. The first-order valence-electron chi connectivity index (χ1n) is 10.9. The maximum absolute atomic E-state index is 5.84. The lowest BCUT2D eigenvalue weighted by Crippen LogP contribution is -2.04. The van der Waals surface area contributed by atoms with E-state index < -0.39 is 0 Å². The number of ether oxygens (including phenoxy) is 2. The summed E-state index contributed by atoms with van der Waals surface area (Å²) in [6.45, 7) is 8.14. The van der Waals surface area contributed by atoms with Crippen molar-refractivity contribution >= 4 is 43.2 Å². The molecule has 4 nitrogen and oxygen atoms in total. The van der Waals surface area contributed by atoms with Crippen LogP contribution in [0.15, 0.2) is 59.1 Å². The highest BCUT2D eigenvalue weighted by Crippen LogP contribution is 2.35. The normalized spacial score (nSPS) is 11.0. The summed E-state index contributed by atoms with van der Waals surface area (Å²) < 4.78 is 13.9. The van der Waals surface area contributed by atoms with Crippen LogP contribution < -0.4 is 14.8 Å². The van der Waals surface area contributed by atoms with Crippen LogP contribution >= 0.6 is 27.3 Å². The summed E-state index contributed by atoms with van der Waals surface area (Å²) in [5.41, 5.74) is 5.62. The SMILES string of the molecule is CCCOc1cc(Br)c(CNc2ccc(-c3nc4ccc(C)cc4s3)cc2)cc1OCC. The van der Waals surface area contributed by atoms with Gasteiger partial charge in [-0.05, 0) is 79.9 Å². The van der Waals surface area contributed by atoms with Gasteiger partial charge in [0, 0.05) is 22.3 Å². The number of halogens is 1. The fourth-order valence-electron chi connectivity index (χ4n) is 3.39. The van der Waals surface area contributed by atoms with Crippen LogP contribution in [0.1, 0.15) is 31.4 Å². The molecular weight excluding hydrogens is 484 g/mol. The number of aryl methyl sites for hydroxylation is 1. The minimum atomic E-state index is 0.601. The Labute approximate surface area is 201 Å². The minimum absolute atomic E-state index is 0.601. The standard InChI is InChI=1S/C26H27BrN2O2S/c1-4-12-31-24-15-21(27)19(14-23(24)30-5-2)16-28-20-9-7-18(8-10-20)26-29-22-11-6-17(3)13-25(22)32-26/h6-11,13-15,28H,4-5,12,16H2,1-3H3. The summed E-state index contributed by atoms with van der Waals surface area (Å²) in [6, 6.07) is 18.9. The molecule has 3 aromatic carbocycles. The molecule has 0 spiro atoms. The Kier molecular flexibility index (Phi) is 7.33. The van der Waals surface area contributed by atoms with Crippen molar-refractivity contribution in [1.82, 2.24) is 4.98 Å². The van der Waals surface area contributed by atoms with Crippen LogP contribution in [-0.2, 0) is 6.54 Å². The number of aromatic nitrogens is 1. The second-order valence-electron chi connectivity index (χ2n) is 7.59. The van der Waals surface area contributed by atoms with Crippen LogP contribution in [0.3, 0.4) is 0 Å². The van der Waals surface area contributed by atoms with E-state index in [1.165, 1.54) is 10.3 Å². The molecule has 4 rings (SSSR count). The Morgan fingerprint density at radius 3 is 2.50 bits per heavy atom. The molecule has 0 saturated carbocycles. The van der Waals surface area contributed by atoms with Crippen LogP contribution in [-0.4, -0.2) is 18.2 Å². The van der Waals surface area contributed by atoms with Crippen LogP contribution in [0.25, 0.3) is 20.8 Å². The van der Waals surface area contributed by atoms with Crippen LogP contribution in [0.5, 0.6) is 11.5 Å². The van der Waals surface area contributed by atoms with Gasteiger partial charge in [-0.1, -0.05) is 28.9 Å².